The zero-order chi connectivity index (χ0) is 16.8. The van der Waals surface area contributed by atoms with Crippen LogP contribution in [0.25, 0.3) is 11.3 Å². The lowest BCUT2D eigenvalue weighted by Crippen LogP contribution is -2.50. The van der Waals surface area contributed by atoms with Crippen LogP contribution in [-0.2, 0) is 7.05 Å². The van der Waals surface area contributed by atoms with Crippen molar-refractivity contribution in [2.75, 3.05) is 6.61 Å². The molecule has 23 heavy (non-hydrogen) atoms. The van der Waals surface area contributed by atoms with Crippen LogP contribution in [0.1, 0.15) is 41.6 Å². The number of aromatic nitrogens is 4. The number of nitrogens with one attached hydrogen (secondary N) is 2. The van der Waals surface area contributed by atoms with Gasteiger partial charge in [-0.15, -0.1) is 0 Å². The smallest absolute Gasteiger partial charge is 0.269 e. The Balaban J connectivity index is 1.83. The lowest BCUT2D eigenvalue weighted by atomic mass is 9.97. The van der Waals surface area contributed by atoms with Gasteiger partial charge in [-0.2, -0.15) is 10.2 Å². The van der Waals surface area contributed by atoms with E-state index in [1.807, 2.05) is 27.8 Å². The number of hydrogen-bond acceptors (Lipinski definition) is 4. The Hall–Kier alpha value is -2.15. The van der Waals surface area contributed by atoms with Crippen LogP contribution in [0.5, 0.6) is 0 Å². The van der Waals surface area contributed by atoms with Gasteiger partial charge in [-0.1, -0.05) is 0 Å². The van der Waals surface area contributed by atoms with E-state index in [2.05, 4.69) is 20.6 Å². The molecule has 124 valence electrons. The molecule has 7 nitrogen and oxygen atoms in total. The fourth-order valence-corrected chi connectivity index (χ4v) is 3.03. The van der Waals surface area contributed by atoms with Crippen molar-refractivity contribution in [1.29, 1.82) is 0 Å². The predicted octanol–water partition coefficient (Wildman–Crippen LogP) is 1.32. The van der Waals surface area contributed by atoms with Crippen molar-refractivity contribution in [2.45, 2.75) is 39.2 Å². The number of aryl methyl sites for hydroxylation is 2. The zero-order valence-electron chi connectivity index (χ0n) is 14.0. The first-order chi connectivity index (χ1) is 10.9. The zero-order valence-corrected chi connectivity index (χ0v) is 14.0. The molecule has 0 aliphatic heterocycles. The topological polar surface area (TPSA) is 95.8 Å². The van der Waals surface area contributed by atoms with Gasteiger partial charge in [-0.25, -0.2) is 0 Å². The summed E-state index contributed by atoms with van der Waals surface area (Å²) in [5.41, 5.74) is 3.34. The third-order valence-corrected chi connectivity index (χ3v) is 4.79. The lowest BCUT2D eigenvalue weighted by Gasteiger charge is -2.28. The van der Waals surface area contributed by atoms with Crippen LogP contribution in [0, 0.1) is 19.8 Å². The van der Waals surface area contributed by atoms with Gasteiger partial charge >= 0.3 is 0 Å². The maximum absolute atomic E-state index is 12.5. The van der Waals surface area contributed by atoms with E-state index < -0.39 is 5.54 Å². The number of amides is 1. The van der Waals surface area contributed by atoms with E-state index >= 15 is 0 Å². The number of carbonyl (C=O) groups is 1. The molecular weight excluding hydrogens is 294 g/mol. The van der Waals surface area contributed by atoms with Crippen LogP contribution in [0.2, 0.25) is 0 Å². The highest BCUT2D eigenvalue weighted by atomic mass is 16.3. The van der Waals surface area contributed by atoms with Crippen molar-refractivity contribution in [3.8, 4) is 11.3 Å². The third kappa shape index (κ3) is 2.76. The molecule has 7 heteroatoms. The summed E-state index contributed by atoms with van der Waals surface area (Å²) in [7, 11) is 1.88. The summed E-state index contributed by atoms with van der Waals surface area (Å²) in [6.45, 7) is 5.72. The summed E-state index contributed by atoms with van der Waals surface area (Å²) < 4.78 is 1.80. The largest absolute Gasteiger partial charge is 0.394 e. The average molecular weight is 317 g/mol. The van der Waals surface area contributed by atoms with Gasteiger partial charge in [0.2, 0.25) is 0 Å². The number of hydrogen-bond donors (Lipinski definition) is 3. The standard InChI is InChI=1S/C16H23N5O2/c1-9-14(10(2)21(4)20-9)12-7-13(19-18-12)15(23)17-16(3,8-22)11-5-6-11/h7,11,22H,5-6,8H2,1-4H3,(H,17,23)(H,18,19). The normalized spacial score (nSPS) is 17.1. The van der Waals surface area contributed by atoms with Crippen LogP contribution >= 0.6 is 0 Å². The Bertz CT molecular complexity index is 744. The highest BCUT2D eigenvalue weighted by Gasteiger charge is 2.42. The SMILES string of the molecule is Cc1nn(C)c(C)c1-c1cc(C(=O)NC(C)(CO)C2CC2)[nH]n1. The van der Waals surface area contributed by atoms with Gasteiger partial charge in [0.25, 0.3) is 5.91 Å². The molecular formula is C16H23N5O2. The van der Waals surface area contributed by atoms with Crippen LogP contribution in [0.3, 0.4) is 0 Å². The molecule has 1 unspecified atom stereocenters. The maximum atomic E-state index is 12.5. The monoisotopic (exact) mass is 317 g/mol. The first-order valence-corrected chi connectivity index (χ1v) is 7.85. The Morgan fingerprint density at radius 2 is 2.22 bits per heavy atom. The van der Waals surface area contributed by atoms with Crippen molar-refractivity contribution in [3.63, 3.8) is 0 Å². The number of nitrogens with zero attached hydrogens (tertiary/aromatic N) is 3. The Morgan fingerprint density at radius 3 is 2.74 bits per heavy atom. The van der Waals surface area contributed by atoms with E-state index in [0.29, 0.717) is 17.3 Å². The summed E-state index contributed by atoms with van der Waals surface area (Å²) in [6, 6.07) is 1.73. The summed E-state index contributed by atoms with van der Waals surface area (Å²) in [5.74, 6) is 0.105. The first-order valence-electron chi connectivity index (χ1n) is 7.85. The average Bonchev–Trinajstić information content (AvgIpc) is 3.21. The number of aromatic amines is 1. The van der Waals surface area contributed by atoms with E-state index in [1.54, 1.807) is 10.7 Å². The van der Waals surface area contributed by atoms with Gasteiger partial charge in [0, 0.05) is 18.3 Å². The molecule has 1 saturated carbocycles. The second kappa shape index (κ2) is 5.49. The molecule has 0 aromatic carbocycles. The summed E-state index contributed by atoms with van der Waals surface area (Å²) in [4.78, 5) is 12.5. The predicted molar refractivity (Wildman–Crippen MR) is 85.9 cm³/mol. The molecule has 1 fully saturated rings. The maximum Gasteiger partial charge on any atom is 0.269 e. The minimum Gasteiger partial charge on any atom is -0.394 e. The molecule has 1 amide bonds. The van der Waals surface area contributed by atoms with E-state index in [1.165, 1.54) is 0 Å². The quantitative estimate of drug-likeness (QED) is 0.775. The van der Waals surface area contributed by atoms with Gasteiger partial charge in [-0.3, -0.25) is 14.6 Å². The number of aliphatic hydroxyl groups excluding tert-OH is 1. The molecule has 0 radical (unpaired) electrons. The second-order valence-corrected chi connectivity index (χ2v) is 6.64. The van der Waals surface area contributed by atoms with Crippen molar-refractivity contribution < 1.29 is 9.90 Å². The minimum atomic E-state index is -0.567. The van der Waals surface area contributed by atoms with Crippen molar-refractivity contribution in [2.24, 2.45) is 13.0 Å². The molecule has 2 aromatic heterocycles. The van der Waals surface area contributed by atoms with Gasteiger partial charge in [0.1, 0.15) is 5.69 Å². The fraction of sp³-hybridized carbons (Fsp3) is 0.562. The number of H-pyrrole nitrogens is 1. The molecule has 1 aliphatic carbocycles. The fourth-order valence-electron chi connectivity index (χ4n) is 3.03. The van der Waals surface area contributed by atoms with Crippen molar-refractivity contribution >= 4 is 5.91 Å². The second-order valence-electron chi connectivity index (χ2n) is 6.64. The van der Waals surface area contributed by atoms with E-state index in [4.69, 9.17) is 0 Å². The lowest BCUT2D eigenvalue weighted by molar-refractivity contribution is 0.0819. The molecule has 3 N–H and O–H groups in total. The molecule has 0 bridgehead atoms. The number of aliphatic hydroxyl groups is 1. The molecule has 3 rings (SSSR count). The highest BCUT2D eigenvalue weighted by molar-refractivity contribution is 5.94. The Kier molecular flexibility index (Phi) is 3.75. The number of rotatable bonds is 5. The highest BCUT2D eigenvalue weighted by Crippen LogP contribution is 2.39. The van der Waals surface area contributed by atoms with E-state index in [-0.39, 0.29) is 12.5 Å². The molecule has 2 heterocycles. The van der Waals surface area contributed by atoms with Crippen LogP contribution in [0.4, 0.5) is 0 Å². The third-order valence-electron chi connectivity index (χ3n) is 4.79. The molecule has 0 spiro atoms. The van der Waals surface area contributed by atoms with Crippen molar-refractivity contribution in [3.05, 3.63) is 23.1 Å². The minimum absolute atomic E-state index is 0.0643. The van der Waals surface area contributed by atoms with Crippen LogP contribution in [0.15, 0.2) is 6.07 Å². The molecule has 1 aliphatic rings. The van der Waals surface area contributed by atoms with Gasteiger partial charge in [0.05, 0.1) is 23.5 Å². The summed E-state index contributed by atoms with van der Waals surface area (Å²) in [5, 5.41) is 24.0. The Labute approximate surface area is 135 Å². The van der Waals surface area contributed by atoms with Gasteiger partial charge < -0.3 is 10.4 Å². The molecule has 1 atom stereocenters. The number of carbonyl (C=O) groups excluding carboxylic acids is 1. The van der Waals surface area contributed by atoms with Crippen LogP contribution < -0.4 is 5.32 Å². The van der Waals surface area contributed by atoms with Gasteiger partial charge in [-0.05, 0) is 45.6 Å². The van der Waals surface area contributed by atoms with Gasteiger partial charge in [0.15, 0.2) is 0 Å². The molecule has 0 saturated heterocycles. The van der Waals surface area contributed by atoms with Crippen LogP contribution in [-0.4, -0.2) is 43.1 Å². The van der Waals surface area contributed by atoms with Crippen molar-refractivity contribution in [1.82, 2.24) is 25.3 Å². The van der Waals surface area contributed by atoms with E-state index in [9.17, 15) is 9.90 Å². The summed E-state index contributed by atoms with van der Waals surface area (Å²) in [6.07, 6.45) is 2.08. The van der Waals surface area contributed by atoms with E-state index in [0.717, 1.165) is 29.8 Å². The molecule has 2 aromatic rings. The first kappa shape index (κ1) is 15.7. The Morgan fingerprint density at radius 1 is 1.52 bits per heavy atom. The summed E-state index contributed by atoms with van der Waals surface area (Å²) >= 11 is 0.